The van der Waals surface area contributed by atoms with Gasteiger partial charge in [-0.15, -0.1) is 0 Å². The summed E-state index contributed by atoms with van der Waals surface area (Å²) < 4.78 is 6.16. The fourth-order valence-corrected chi connectivity index (χ4v) is 8.28. The minimum atomic E-state index is -1.80. The number of nitrogens with two attached hydrogens (primary N) is 1. The molecule has 0 aliphatic heterocycles. The fraction of sp³-hybridized carbons (Fsp3) is 0.917. The van der Waals surface area contributed by atoms with Gasteiger partial charge in [0.05, 0.1) is 0 Å². The number of primary amides is 1. The van der Waals surface area contributed by atoms with Gasteiger partial charge < -0.3 is 10.2 Å². The van der Waals surface area contributed by atoms with Crippen LogP contribution in [0.5, 0.6) is 0 Å². The highest BCUT2D eigenvalue weighted by atomic mass is 28.4. The van der Waals surface area contributed by atoms with E-state index in [0.717, 1.165) is 0 Å². The molecule has 0 aromatic rings. The summed E-state index contributed by atoms with van der Waals surface area (Å²) in [4.78, 5) is 10.8. The minimum Gasteiger partial charge on any atom is -0.416 e. The third-order valence-corrected chi connectivity index (χ3v) is 9.53. The van der Waals surface area contributed by atoms with Gasteiger partial charge in [-0.05, 0) is 16.6 Å². The Morgan fingerprint density at radius 3 is 1.69 bits per heavy atom. The average Bonchev–Trinajstić information content (AvgIpc) is 2.09. The first-order valence-corrected chi connectivity index (χ1v) is 8.31. The summed E-state index contributed by atoms with van der Waals surface area (Å²) >= 11 is 0. The van der Waals surface area contributed by atoms with Gasteiger partial charge in [-0.25, -0.2) is 0 Å². The maximum Gasteiger partial charge on any atom is 0.219 e. The summed E-state index contributed by atoms with van der Waals surface area (Å²) in [5, 5.41) is 0. The van der Waals surface area contributed by atoms with Crippen LogP contribution < -0.4 is 5.73 Å². The van der Waals surface area contributed by atoms with E-state index in [-0.39, 0.29) is 5.91 Å². The molecule has 0 heterocycles. The standard InChI is InChI=1S/C12H27NO2Si/c1-9(2)16(10(3)4,11(5)6)15-8-7-12(13)14/h9-11H,7-8H2,1-6H3,(H2,13,14). The largest absolute Gasteiger partial charge is 0.416 e. The van der Waals surface area contributed by atoms with E-state index in [1.807, 2.05) is 0 Å². The van der Waals surface area contributed by atoms with E-state index in [4.69, 9.17) is 10.2 Å². The molecule has 0 atom stereocenters. The van der Waals surface area contributed by atoms with Crippen LogP contribution in [0.25, 0.3) is 0 Å². The summed E-state index contributed by atoms with van der Waals surface area (Å²) in [5.41, 5.74) is 6.81. The van der Waals surface area contributed by atoms with Gasteiger partial charge in [0.15, 0.2) is 8.32 Å². The van der Waals surface area contributed by atoms with Gasteiger partial charge in [-0.3, -0.25) is 4.79 Å². The molecule has 0 saturated carbocycles. The molecule has 0 aliphatic rings. The lowest BCUT2D eigenvalue weighted by atomic mass is 10.4. The molecule has 3 nitrogen and oxygen atoms in total. The smallest absolute Gasteiger partial charge is 0.219 e. The monoisotopic (exact) mass is 245 g/mol. The molecule has 0 aromatic heterocycles. The molecule has 0 fully saturated rings. The highest BCUT2D eigenvalue weighted by molar-refractivity contribution is 6.77. The Kier molecular flexibility index (Phi) is 6.26. The first kappa shape index (κ1) is 15.6. The van der Waals surface area contributed by atoms with Crippen molar-refractivity contribution in [3.8, 4) is 0 Å². The van der Waals surface area contributed by atoms with Gasteiger partial charge in [-0.2, -0.15) is 0 Å². The first-order valence-electron chi connectivity index (χ1n) is 6.17. The van der Waals surface area contributed by atoms with Gasteiger partial charge in [-0.1, -0.05) is 41.5 Å². The van der Waals surface area contributed by atoms with Crippen molar-refractivity contribution in [2.24, 2.45) is 5.73 Å². The molecule has 2 N–H and O–H groups in total. The van der Waals surface area contributed by atoms with Crippen molar-refractivity contribution in [3.63, 3.8) is 0 Å². The van der Waals surface area contributed by atoms with Crippen molar-refractivity contribution >= 4 is 14.2 Å². The van der Waals surface area contributed by atoms with Gasteiger partial charge in [0.1, 0.15) is 0 Å². The zero-order valence-corrected chi connectivity index (χ0v) is 12.5. The number of rotatable bonds is 7. The Labute approximate surface area is 101 Å². The highest BCUT2D eigenvalue weighted by Gasteiger charge is 2.44. The molecule has 96 valence electrons. The summed E-state index contributed by atoms with van der Waals surface area (Å²) in [6.45, 7) is 13.9. The summed E-state index contributed by atoms with van der Waals surface area (Å²) in [6.07, 6.45) is 0.334. The Balaban J connectivity index is 4.70. The van der Waals surface area contributed by atoms with Crippen molar-refractivity contribution in [2.45, 2.75) is 64.6 Å². The van der Waals surface area contributed by atoms with Crippen molar-refractivity contribution in [2.75, 3.05) is 6.61 Å². The van der Waals surface area contributed by atoms with E-state index in [1.165, 1.54) is 0 Å². The predicted octanol–water partition coefficient (Wildman–Crippen LogP) is 3.05. The average molecular weight is 245 g/mol. The van der Waals surface area contributed by atoms with Gasteiger partial charge in [0, 0.05) is 13.0 Å². The van der Waals surface area contributed by atoms with Gasteiger partial charge >= 0.3 is 0 Å². The Morgan fingerprint density at radius 2 is 1.44 bits per heavy atom. The quantitative estimate of drug-likeness (QED) is 0.701. The summed E-state index contributed by atoms with van der Waals surface area (Å²) in [5.74, 6) is -0.279. The molecule has 16 heavy (non-hydrogen) atoms. The van der Waals surface area contributed by atoms with Crippen molar-refractivity contribution in [3.05, 3.63) is 0 Å². The lowest BCUT2D eigenvalue weighted by molar-refractivity contribution is -0.118. The van der Waals surface area contributed by atoms with Crippen LogP contribution in [0.2, 0.25) is 16.6 Å². The number of carbonyl (C=O) groups excluding carboxylic acids is 1. The molecule has 0 radical (unpaired) electrons. The van der Waals surface area contributed by atoms with Crippen LogP contribution in [0.15, 0.2) is 0 Å². The first-order chi connectivity index (χ1) is 7.25. The van der Waals surface area contributed by atoms with Crippen LogP contribution in [0.4, 0.5) is 0 Å². The van der Waals surface area contributed by atoms with Crippen LogP contribution in [0, 0.1) is 0 Å². The van der Waals surface area contributed by atoms with Gasteiger partial charge in [0.25, 0.3) is 0 Å². The van der Waals surface area contributed by atoms with Crippen LogP contribution >= 0.6 is 0 Å². The SMILES string of the molecule is CC(C)[Si](OCCC(N)=O)(C(C)C)C(C)C. The molecule has 0 aliphatic carbocycles. The van der Waals surface area contributed by atoms with Crippen LogP contribution in [0.3, 0.4) is 0 Å². The number of hydrogen-bond donors (Lipinski definition) is 1. The molecule has 0 aromatic carbocycles. The van der Waals surface area contributed by atoms with E-state index in [1.54, 1.807) is 0 Å². The third-order valence-electron chi connectivity index (χ3n) is 3.41. The second-order valence-corrected chi connectivity index (χ2v) is 10.8. The summed E-state index contributed by atoms with van der Waals surface area (Å²) in [6, 6.07) is 0. The van der Waals surface area contributed by atoms with Crippen molar-refractivity contribution in [1.82, 2.24) is 0 Å². The zero-order valence-electron chi connectivity index (χ0n) is 11.5. The number of hydrogen-bond acceptors (Lipinski definition) is 2. The van der Waals surface area contributed by atoms with Crippen LogP contribution in [-0.2, 0) is 9.22 Å². The summed E-state index contributed by atoms with van der Waals surface area (Å²) in [7, 11) is -1.80. The predicted molar refractivity (Wildman–Crippen MR) is 70.8 cm³/mol. The van der Waals surface area contributed by atoms with Crippen LogP contribution in [0.1, 0.15) is 48.0 Å². The fourth-order valence-electron chi connectivity index (χ4n) is 2.83. The Hall–Kier alpha value is -0.353. The van der Waals surface area contributed by atoms with Crippen LogP contribution in [-0.4, -0.2) is 20.8 Å². The molecule has 4 heteroatoms. The van der Waals surface area contributed by atoms with E-state index >= 15 is 0 Å². The van der Waals surface area contributed by atoms with E-state index < -0.39 is 8.32 Å². The highest BCUT2D eigenvalue weighted by Crippen LogP contribution is 2.42. The van der Waals surface area contributed by atoms with Crippen molar-refractivity contribution < 1.29 is 9.22 Å². The lowest BCUT2D eigenvalue weighted by Crippen LogP contribution is -2.48. The Morgan fingerprint density at radius 1 is 1.06 bits per heavy atom. The molecule has 0 saturated heterocycles. The number of amides is 1. The molecule has 0 bridgehead atoms. The molecule has 1 amide bonds. The van der Waals surface area contributed by atoms with Crippen molar-refractivity contribution in [1.29, 1.82) is 0 Å². The van der Waals surface area contributed by atoms with E-state index in [0.29, 0.717) is 29.7 Å². The maximum atomic E-state index is 10.8. The van der Waals surface area contributed by atoms with E-state index in [2.05, 4.69) is 41.5 Å². The molecule has 0 unspecified atom stereocenters. The Bertz CT molecular complexity index is 205. The third kappa shape index (κ3) is 3.59. The zero-order chi connectivity index (χ0) is 12.9. The lowest BCUT2D eigenvalue weighted by Gasteiger charge is -2.42. The van der Waals surface area contributed by atoms with Gasteiger partial charge in [0.2, 0.25) is 5.91 Å². The molecular weight excluding hydrogens is 218 g/mol. The topological polar surface area (TPSA) is 52.3 Å². The minimum absolute atomic E-state index is 0.279. The second kappa shape index (κ2) is 6.40. The molecule has 0 rings (SSSR count). The second-order valence-electron chi connectivity index (χ2n) is 5.38. The maximum absolute atomic E-state index is 10.8. The normalized spacial score (nSPS) is 12.8. The number of carbonyl (C=O) groups is 1. The molecule has 0 spiro atoms. The van der Waals surface area contributed by atoms with E-state index in [9.17, 15) is 4.79 Å². The molecular formula is C12H27NO2Si.